The van der Waals surface area contributed by atoms with Crippen molar-refractivity contribution in [2.45, 2.75) is 26.8 Å². The van der Waals surface area contributed by atoms with Crippen LogP contribution < -0.4 is 16.6 Å². The predicted molar refractivity (Wildman–Crippen MR) is 117 cm³/mol. The van der Waals surface area contributed by atoms with E-state index in [2.05, 4.69) is 26.9 Å². The smallest absolute Gasteiger partial charge is 0.160 e. The highest BCUT2D eigenvalue weighted by Gasteiger charge is 2.22. The minimum Gasteiger partial charge on any atom is -0.402 e. The van der Waals surface area contributed by atoms with Crippen molar-refractivity contribution in [1.82, 2.24) is 14.9 Å². The number of aliphatic imine (C=N–C) groups is 1. The molecule has 29 heavy (non-hydrogen) atoms. The number of pyridine rings is 1. The topological polar surface area (TPSA) is 123 Å². The first-order valence-corrected chi connectivity index (χ1v) is 9.32. The molecule has 1 fully saturated rings. The summed E-state index contributed by atoms with van der Waals surface area (Å²) >= 11 is 0. The van der Waals surface area contributed by atoms with Crippen molar-refractivity contribution >= 4 is 34.3 Å². The Morgan fingerprint density at radius 2 is 2.00 bits per heavy atom. The molecule has 1 aliphatic heterocycles. The van der Waals surface area contributed by atoms with E-state index in [1.54, 1.807) is 26.1 Å². The zero-order valence-corrected chi connectivity index (χ0v) is 17.1. The van der Waals surface area contributed by atoms with Gasteiger partial charge in [0, 0.05) is 47.2 Å². The van der Waals surface area contributed by atoms with Gasteiger partial charge in [-0.15, -0.1) is 0 Å². The molecule has 3 heterocycles. The van der Waals surface area contributed by atoms with Crippen LogP contribution in [0.4, 0.5) is 10.2 Å². The maximum atomic E-state index is 14.7. The zero-order chi connectivity index (χ0) is 21.3. The summed E-state index contributed by atoms with van der Waals surface area (Å²) in [5.74, 6) is -0.321. The molecule has 0 atom stereocenters. The molecule has 6 N–H and O–H groups in total. The van der Waals surface area contributed by atoms with Gasteiger partial charge < -0.3 is 21.4 Å². The van der Waals surface area contributed by atoms with Gasteiger partial charge in [-0.3, -0.25) is 10.4 Å². The van der Waals surface area contributed by atoms with Crippen LogP contribution in [0, 0.1) is 5.41 Å². The molecule has 0 radical (unpaired) electrons. The van der Waals surface area contributed by atoms with Crippen LogP contribution >= 0.6 is 0 Å². The Morgan fingerprint density at radius 3 is 2.59 bits per heavy atom. The summed E-state index contributed by atoms with van der Waals surface area (Å²) in [5.41, 5.74) is 15.4. The molecule has 2 aromatic rings. The summed E-state index contributed by atoms with van der Waals surface area (Å²) in [6.07, 6.45) is 3.15. The van der Waals surface area contributed by atoms with E-state index in [-0.39, 0.29) is 22.7 Å². The summed E-state index contributed by atoms with van der Waals surface area (Å²) in [6, 6.07) is 3.75. The first-order chi connectivity index (χ1) is 13.7. The Morgan fingerprint density at radius 1 is 1.31 bits per heavy atom. The zero-order valence-electron chi connectivity index (χ0n) is 17.1. The highest BCUT2D eigenvalue weighted by atomic mass is 19.2. The molecule has 8 nitrogen and oxygen atoms in total. The van der Waals surface area contributed by atoms with Gasteiger partial charge in [0.1, 0.15) is 5.65 Å². The number of H-pyrrole nitrogens is 1. The number of nitrogens with zero attached hydrogens (tertiary/aromatic N) is 4. The van der Waals surface area contributed by atoms with Crippen LogP contribution in [0.1, 0.15) is 26.5 Å². The fraction of sp³-hybridized carbons (Fsp3) is 0.350. The summed E-state index contributed by atoms with van der Waals surface area (Å²) in [5, 5.41) is 8.94. The third kappa shape index (κ3) is 4.29. The van der Waals surface area contributed by atoms with Crippen molar-refractivity contribution in [3.63, 3.8) is 0 Å². The molecular formula is C20H27FN8. The second-order valence-corrected chi connectivity index (χ2v) is 7.50. The van der Waals surface area contributed by atoms with Gasteiger partial charge in [-0.2, -0.15) is 5.12 Å². The van der Waals surface area contributed by atoms with Gasteiger partial charge in [0.2, 0.25) is 0 Å². The van der Waals surface area contributed by atoms with Crippen LogP contribution in [0.5, 0.6) is 0 Å². The average Bonchev–Trinajstić information content (AvgIpc) is 3.07. The van der Waals surface area contributed by atoms with E-state index >= 15 is 0 Å². The molecular weight excluding hydrogens is 371 g/mol. The van der Waals surface area contributed by atoms with Crippen LogP contribution in [-0.2, 0) is 0 Å². The highest BCUT2D eigenvalue weighted by molar-refractivity contribution is 6.11. The fourth-order valence-corrected chi connectivity index (χ4v) is 3.04. The van der Waals surface area contributed by atoms with E-state index in [1.165, 1.54) is 6.20 Å². The number of nitrogens with two attached hydrogens (primary N) is 2. The van der Waals surface area contributed by atoms with Gasteiger partial charge in [-0.05, 0) is 40.0 Å². The number of fused-ring (bicyclic) bond motifs is 1. The number of hydrogen-bond acceptors (Lipinski definition) is 6. The third-order valence-corrected chi connectivity index (χ3v) is 5.00. The van der Waals surface area contributed by atoms with Crippen LogP contribution in [0.15, 0.2) is 40.3 Å². The first-order valence-electron chi connectivity index (χ1n) is 9.32. The molecule has 0 saturated carbocycles. The fourth-order valence-electron chi connectivity index (χ4n) is 3.04. The molecule has 3 rings (SSSR count). The Balaban J connectivity index is 1.89. The molecule has 1 aliphatic rings. The lowest BCUT2D eigenvalue weighted by Gasteiger charge is -2.33. The molecule has 154 valence electrons. The standard InChI is InChI=1S/C20H27FN8/c1-11(12(2)22)19(24)29(21)16-5-14-6-18(27-20(14)26-7-16)17(13(3)23)8-25-15-9-28(4)10-15/h5-8,15,24H,9-10,22-23H2,1-4H3,(H,26,27)/b12-11-,17-13?,24-19?,25-8?. The lowest BCUT2D eigenvalue weighted by atomic mass is 10.1. The quantitative estimate of drug-likeness (QED) is 0.350. The van der Waals surface area contributed by atoms with E-state index in [0.29, 0.717) is 28.0 Å². The van der Waals surface area contributed by atoms with Gasteiger partial charge >= 0.3 is 0 Å². The Hall–Kier alpha value is -3.20. The average molecular weight is 398 g/mol. The number of rotatable bonds is 5. The van der Waals surface area contributed by atoms with Crippen molar-refractivity contribution < 1.29 is 4.48 Å². The van der Waals surface area contributed by atoms with Crippen LogP contribution in [0.3, 0.4) is 0 Å². The molecule has 0 amide bonds. The van der Waals surface area contributed by atoms with Crippen molar-refractivity contribution in [2.75, 3.05) is 25.3 Å². The number of allylic oxidation sites excluding steroid dienone is 3. The second-order valence-electron chi connectivity index (χ2n) is 7.50. The number of nitrogens with one attached hydrogen (secondary N) is 2. The van der Waals surface area contributed by atoms with E-state index < -0.39 is 0 Å². The molecule has 0 spiro atoms. The summed E-state index contributed by atoms with van der Waals surface area (Å²) < 4.78 is 14.7. The monoisotopic (exact) mass is 398 g/mol. The maximum Gasteiger partial charge on any atom is 0.160 e. The van der Waals surface area contributed by atoms with Crippen molar-refractivity contribution in [1.29, 1.82) is 5.41 Å². The number of aromatic amines is 1. The molecule has 1 saturated heterocycles. The number of likely N-dealkylation sites (N-methyl/N-ethyl adjacent to an activating group) is 1. The number of likely N-dealkylation sites (tertiary alicyclic amines) is 1. The van der Waals surface area contributed by atoms with Crippen LogP contribution in [0.2, 0.25) is 0 Å². The first kappa shape index (κ1) is 20.5. The largest absolute Gasteiger partial charge is 0.402 e. The van der Waals surface area contributed by atoms with Crippen molar-refractivity contribution in [2.24, 2.45) is 16.5 Å². The lowest BCUT2D eigenvalue weighted by Crippen LogP contribution is -2.46. The number of hydrogen-bond donors (Lipinski definition) is 4. The van der Waals surface area contributed by atoms with Crippen LogP contribution in [-0.4, -0.2) is 53.1 Å². The Kier molecular flexibility index (Phi) is 5.69. The predicted octanol–water partition coefficient (Wildman–Crippen LogP) is 2.56. The van der Waals surface area contributed by atoms with E-state index in [9.17, 15) is 4.48 Å². The Labute approximate surface area is 169 Å². The van der Waals surface area contributed by atoms with E-state index in [1.807, 2.05) is 13.0 Å². The summed E-state index contributed by atoms with van der Waals surface area (Å²) in [4.78, 5) is 14.3. The minimum absolute atomic E-state index is 0.148. The van der Waals surface area contributed by atoms with Gasteiger partial charge in [-0.1, -0.05) is 4.48 Å². The molecule has 0 aromatic carbocycles. The van der Waals surface area contributed by atoms with Gasteiger partial charge in [0.05, 0.1) is 23.6 Å². The van der Waals surface area contributed by atoms with E-state index in [4.69, 9.17) is 16.9 Å². The Bertz CT molecular complexity index is 1020. The number of halogens is 1. The maximum absolute atomic E-state index is 14.7. The molecule has 9 heteroatoms. The SMILES string of the molecule is CC(N)=C(C=NC1CN(C)C1)c1cc2cc(N(F)C(=N)/C(C)=C(/C)N)cnc2[nH]1. The molecule has 0 unspecified atom stereocenters. The highest BCUT2D eigenvalue weighted by Crippen LogP contribution is 2.25. The van der Waals surface area contributed by atoms with Crippen LogP contribution in [0.25, 0.3) is 16.6 Å². The number of anilines is 1. The van der Waals surface area contributed by atoms with E-state index in [0.717, 1.165) is 24.4 Å². The summed E-state index contributed by atoms with van der Waals surface area (Å²) in [6.45, 7) is 6.90. The number of amidine groups is 1. The van der Waals surface area contributed by atoms with Crippen molar-refractivity contribution in [3.05, 3.63) is 41.0 Å². The lowest BCUT2D eigenvalue weighted by molar-refractivity contribution is 0.194. The summed E-state index contributed by atoms with van der Waals surface area (Å²) in [7, 11) is 2.05. The third-order valence-electron chi connectivity index (χ3n) is 5.00. The van der Waals surface area contributed by atoms with Gasteiger partial charge in [0.25, 0.3) is 0 Å². The van der Waals surface area contributed by atoms with Crippen molar-refractivity contribution in [3.8, 4) is 0 Å². The normalized spacial score (nSPS) is 17.3. The number of aromatic nitrogens is 2. The van der Waals surface area contributed by atoms with Gasteiger partial charge in [-0.25, -0.2) is 4.98 Å². The molecule has 0 aliphatic carbocycles. The minimum atomic E-state index is -0.321. The molecule has 2 aromatic heterocycles. The van der Waals surface area contributed by atoms with Gasteiger partial charge in [0.15, 0.2) is 5.84 Å². The second kappa shape index (κ2) is 8.04. The molecule has 0 bridgehead atoms.